The van der Waals surface area contributed by atoms with Crippen molar-refractivity contribution < 1.29 is 19.2 Å². The molecule has 0 unspecified atom stereocenters. The highest BCUT2D eigenvalue weighted by Gasteiger charge is 2.08. The number of hydrogen-bond donors (Lipinski definition) is 1. The van der Waals surface area contributed by atoms with Gasteiger partial charge < -0.3 is 14.8 Å². The Labute approximate surface area is 156 Å². The van der Waals surface area contributed by atoms with Crippen LogP contribution in [-0.2, 0) is 11.3 Å². The standard InChI is InChI=1S/C19H19N3O5/c1-26-18-11-15(12-20)6-9-17(18)27-10-2-3-19(23)21-13-14-4-7-16(8-5-14)22(24)25/h4-9,11H,2-3,10,13H2,1H3,(H,21,23). The van der Waals surface area contributed by atoms with Gasteiger partial charge in [-0.2, -0.15) is 5.26 Å². The number of nitro benzene ring substituents is 1. The van der Waals surface area contributed by atoms with Crippen molar-refractivity contribution in [3.05, 3.63) is 63.7 Å². The van der Waals surface area contributed by atoms with E-state index in [1.54, 1.807) is 30.3 Å². The molecule has 1 N–H and O–H groups in total. The minimum absolute atomic E-state index is 0.0143. The van der Waals surface area contributed by atoms with Gasteiger partial charge in [-0.1, -0.05) is 12.1 Å². The van der Waals surface area contributed by atoms with E-state index in [0.29, 0.717) is 36.6 Å². The van der Waals surface area contributed by atoms with Gasteiger partial charge in [0.2, 0.25) is 5.91 Å². The molecule has 0 aliphatic heterocycles. The average Bonchev–Trinajstić information content (AvgIpc) is 2.69. The van der Waals surface area contributed by atoms with Crippen molar-refractivity contribution in [2.45, 2.75) is 19.4 Å². The fourth-order valence-corrected chi connectivity index (χ4v) is 2.30. The summed E-state index contributed by atoms with van der Waals surface area (Å²) < 4.78 is 10.8. The Morgan fingerprint density at radius 1 is 1.22 bits per heavy atom. The highest BCUT2D eigenvalue weighted by atomic mass is 16.6. The minimum Gasteiger partial charge on any atom is -0.493 e. The Morgan fingerprint density at radius 3 is 2.59 bits per heavy atom. The normalized spacial score (nSPS) is 9.93. The number of nitriles is 1. The van der Waals surface area contributed by atoms with Crippen molar-refractivity contribution in [3.8, 4) is 17.6 Å². The summed E-state index contributed by atoms with van der Waals surface area (Å²) >= 11 is 0. The van der Waals surface area contributed by atoms with Crippen LogP contribution in [0.2, 0.25) is 0 Å². The third-order valence-corrected chi connectivity index (χ3v) is 3.74. The molecule has 0 spiro atoms. The maximum absolute atomic E-state index is 11.9. The molecular formula is C19H19N3O5. The van der Waals surface area contributed by atoms with Gasteiger partial charge in [-0.05, 0) is 24.1 Å². The second kappa shape index (κ2) is 9.77. The van der Waals surface area contributed by atoms with Crippen molar-refractivity contribution in [3.63, 3.8) is 0 Å². The number of amides is 1. The lowest BCUT2D eigenvalue weighted by Crippen LogP contribution is -2.22. The zero-order valence-electron chi connectivity index (χ0n) is 14.8. The molecule has 1 amide bonds. The monoisotopic (exact) mass is 369 g/mol. The second-order valence-corrected chi connectivity index (χ2v) is 5.63. The largest absolute Gasteiger partial charge is 0.493 e. The Hall–Kier alpha value is -3.60. The van der Waals surface area contributed by atoms with E-state index in [2.05, 4.69) is 5.32 Å². The summed E-state index contributed by atoms with van der Waals surface area (Å²) in [4.78, 5) is 22.0. The number of methoxy groups -OCH3 is 1. The lowest BCUT2D eigenvalue weighted by molar-refractivity contribution is -0.384. The summed E-state index contributed by atoms with van der Waals surface area (Å²) in [6, 6.07) is 12.9. The van der Waals surface area contributed by atoms with Crippen LogP contribution in [0.3, 0.4) is 0 Å². The summed E-state index contributed by atoms with van der Waals surface area (Å²) in [6.45, 7) is 0.633. The molecule has 8 nitrogen and oxygen atoms in total. The molecule has 0 aliphatic rings. The van der Waals surface area contributed by atoms with Crippen LogP contribution in [0.1, 0.15) is 24.0 Å². The third kappa shape index (κ3) is 6.01. The van der Waals surface area contributed by atoms with Crippen molar-refractivity contribution in [2.75, 3.05) is 13.7 Å². The molecule has 0 radical (unpaired) electrons. The van der Waals surface area contributed by atoms with Gasteiger partial charge in [0, 0.05) is 31.2 Å². The summed E-state index contributed by atoms with van der Waals surface area (Å²) in [7, 11) is 1.50. The number of nitrogens with zero attached hydrogens (tertiary/aromatic N) is 2. The predicted octanol–water partition coefficient (Wildman–Crippen LogP) is 2.95. The van der Waals surface area contributed by atoms with Crippen LogP contribution in [0.5, 0.6) is 11.5 Å². The van der Waals surface area contributed by atoms with Gasteiger partial charge in [-0.15, -0.1) is 0 Å². The van der Waals surface area contributed by atoms with Crippen LogP contribution < -0.4 is 14.8 Å². The summed E-state index contributed by atoms with van der Waals surface area (Å²) in [5.41, 5.74) is 1.28. The van der Waals surface area contributed by atoms with E-state index in [0.717, 1.165) is 5.56 Å². The van der Waals surface area contributed by atoms with Crippen molar-refractivity contribution >= 4 is 11.6 Å². The average molecular weight is 369 g/mol. The van der Waals surface area contributed by atoms with E-state index in [9.17, 15) is 14.9 Å². The van der Waals surface area contributed by atoms with Crippen molar-refractivity contribution in [2.24, 2.45) is 0 Å². The zero-order valence-corrected chi connectivity index (χ0v) is 14.8. The lowest BCUT2D eigenvalue weighted by Gasteiger charge is -2.11. The first kappa shape index (κ1) is 19.7. The summed E-state index contributed by atoms with van der Waals surface area (Å²) in [6.07, 6.45) is 0.792. The van der Waals surface area contributed by atoms with E-state index < -0.39 is 4.92 Å². The molecule has 140 valence electrons. The molecule has 2 aromatic rings. The highest BCUT2D eigenvalue weighted by Crippen LogP contribution is 2.27. The molecule has 0 heterocycles. The van der Waals surface area contributed by atoms with E-state index in [1.807, 2.05) is 6.07 Å². The first-order valence-electron chi connectivity index (χ1n) is 8.24. The number of nitro groups is 1. The quantitative estimate of drug-likeness (QED) is 0.413. The first-order chi connectivity index (χ1) is 13.0. The van der Waals surface area contributed by atoms with Gasteiger partial charge in [0.1, 0.15) is 0 Å². The van der Waals surface area contributed by atoms with E-state index >= 15 is 0 Å². The van der Waals surface area contributed by atoms with Crippen LogP contribution in [-0.4, -0.2) is 24.5 Å². The van der Waals surface area contributed by atoms with Gasteiger partial charge in [-0.3, -0.25) is 14.9 Å². The molecule has 2 rings (SSSR count). The van der Waals surface area contributed by atoms with Crippen LogP contribution in [0.25, 0.3) is 0 Å². The molecule has 0 fully saturated rings. The molecule has 0 aliphatic carbocycles. The van der Waals surface area contributed by atoms with E-state index in [1.165, 1.54) is 19.2 Å². The number of nitrogens with one attached hydrogen (secondary N) is 1. The first-order valence-corrected chi connectivity index (χ1v) is 8.24. The Kier molecular flexibility index (Phi) is 7.14. The number of non-ortho nitro benzene ring substituents is 1. The van der Waals surface area contributed by atoms with Gasteiger partial charge in [0.05, 0.1) is 30.3 Å². The van der Waals surface area contributed by atoms with E-state index in [-0.39, 0.29) is 18.0 Å². The summed E-state index contributed by atoms with van der Waals surface area (Å²) in [5.74, 6) is 0.850. The SMILES string of the molecule is COc1cc(C#N)ccc1OCCCC(=O)NCc1ccc([N+](=O)[O-])cc1. The number of carbonyl (C=O) groups is 1. The fourth-order valence-electron chi connectivity index (χ4n) is 2.30. The molecular weight excluding hydrogens is 350 g/mol. The van der Waals surface area contributed by atoms with Gasteiger partial charge in [-0.25, -0.2) is 0 Å². The summed E-state index contributed by atoms with van der Waals surface area (Å²) in [5, 5.41) is 22.2. The molecule has 0 aromatic heterocycles. The highest BCUT2D eigenvalue weighted by molar-refractivity contribution is 5.75. The maximum atomic E-state index is 11.9. The lowest BCUT2D eigenvalue weighted by atomic mass is 10.2. The molecule has 0 saturated heterocycles. The van der Waals surface area contributed by atoms with Gasteiger partial charge in [0.15, 0.2) is 11.5 Å². The van der Waals surface area contributed by atoms with Gasteiger partial charge >= 0.3 is 0 Å². The number of ether oxygens (including phenoxy) is 2. The van der Waals surface area contributed by atoms with Crippen LogP contribution in [0, 0.1) is 21.4 Å². The molecule has 8 heteroatoms. The zero-order chi connectivity index (χ0) is 19.6. The number of rotatable bonds is 9. The fraction of sp³-hybridized carbons (Fsp3) is 0.263. The second-order valence-electron chi connectivity index (χ2n) is 5.63. The Bertz CT molecular complexity index is 843. The van der Waals surface area contributed by atoms with Gasteiger partial charge in [0.25, 0.3) is 5.69 Å². The molecule has 27 heavy (non-hydrogen) atoms. The van der Waals surface area contributed by atoms with Crippen LogP contribution in [0.4, 0.5) is 5.69 Å². The molecule has 0 bridgehead atoms. The maximum Gasteiger partial charge on any atom is 0.269 e. The molecule has 0 atom stereocenters. The van der Waals surface area contributed by atoms with Crippen LogP contribution >= 0.6 is 0 Å². The minimum atomic E-state index is -0.467. The molecule has 2 aromatic carbocycles. The Morgan fingerprint density at radius 2 is 1.96 bits per heavy atom. The number of benzene rings is 2. The smallest absolute Gasteiger partial charge is 0.269 e. The van der Waals surface area contributed by atoms with Crippen molar-refractivity contribution in [1.29, 1.82) is 5.26 Å². The van der Waals surface area contributed by atoms with E-state index in [4.69, 9.17) is 14.7 Å². The topological polar surface area (TPSA) is 114 Å². The number of hydrogen-bond acceptors (Lipinski definition) is 6. The predicted molar refractivity (Wildman–Crippen MR) is 97.4 cm³/mol. The third-order valence-electron chi connectivity index (χ3n) is 3.74. The molecule has 0 saturated carbocycles. The Balaban J connectivity index is 1.72. The number of carbonyl (C=O) groups excluding carboxylic acids is 1. The van der Waals surface area contributed by atoms with Crippen LogP contribution in [0.15, 0.2) is 42.5 Å². The van der Waals surface area contributed by atoms with Crippen molar-refractivity contribution in [1.82, 2.24) is 5.32 Å².